The number of aliphatic hydroxyl groups excluding tert-OH is 1. The lowest BCUT2D eigenvalue weighted by Crippen LogP contribution is -2.46. The minimum absolute atomic E-state index is 0.00671. The Labute approximate surface area is 542 Å². The zero-order valence-electron chi connectivity index (χ0n) is 56.2. The number of benzene rings is 4. The van der Waals surface area contributed by atoms with Crippen molar-refractivity contribution in [2.24, 2.45) is 0 Å². The molecule has 3 amide bonds. The number of rotatable bonds is 12. The smallest absolute Gasteiger partial charge is 0.408 e. The van der Waals surface area contributed by atoms with E-state index in [1.165, 1.54) is 73.8 Å². The summed E-state index contributed by atoms with van der Waals surface area (Å²) in [5.41, 5.74) is 8.81. The van der Waals surface area contributed by atoms with Crippen LogP contribution in [0.3, 0.4) is 0 Å². The topological polar surface area (TPSA) is 193 Å². The quantitative estimate of drug-likeness (QED) is 0.0865. The van der Waals surface area contributed by atoms with E-state index in [4.69, 9.17) is 33.4 Å². The van der Waals surface area contributed by atoms with Gasteiger partial charge in [0.05, 0.1) is 42.0 Å². The van der Waals surface area contributed by atoms with Gasteiger partial charge >= 0.3 is 18.3 Å². The molecule has 2 heterocycles. The Morgan fingerprint density at radius 2 is 1.01 bits per heavy atom. The summed E-state index contributed by atoms with van der Waals surface area (Å²) in [6.07, 6.45) is 18.5. The maximum Gasteiger partial charge on any atom is 0.408 e. The Bertz CT molecular complexity index is 3160. The molecular weight excluding hydrogens is 1140 g/mol. The van der Waals surface area contributed by atoms with Gasteiger partial charge in [0.15, 0.2) is 5.78 Å². The van der Waals surface area contributed by atoms with E-state index in [2.05, 4.69) is 77.5 Å². The molecule has 494 valence electrons. The van der Waals surface area contributed by atoms with Gasteiger partial charge in [-0.3, -0.25) is 9.78 Å². The average Bonchev–Trinajstić information content (AvgIpc) is 1.78. The molecule has 1 aliphatic heterocycles. The summed E-state index contributed by atoms with van der Waals surface area (Å²) in [5, 5.41) is 18.7. The number of ether oxygens (including phenoxy) is 6. The van der Waals surface area contributed by atoms with Crippen LogP contribution >= 0.6 is 0 Å². The van der Waals surface area contributed by atoms with Gasteiger partial charge in [-0.05, 0) is 217 Å². The first-order chi connectivity index (χ1) is 43.4. The third-order valence-electron chi connectivity index (χ3n) is 18.1. The van der Waals surface area contributed by atoms with Crippen molar-refractivity contribution in [2.75, 3.05) is 19.8 Å². The molecule has 91 heavy (non-hydrogen) atoms. The van der Waals surface area contributed by atoms with Crippen LogP contribution in [0.2, 0.25) is 0 Å². The largest absolute Gasteiger partial charge is 0.444 e. The number of carbonyl (C=O) groups is 4. The molecule has 5 aromatic rings. The number of nitrogens with one attached hydrogen (secondary N) is 3. The second-order valence-corrected chi connectivity index (χ2v) is 28.4. The number of fused-ring (bicyclic) bond motifs is 4. The molecule has 0 radical (unpaired) electrons. The minimum atomic E-state index is -0.520. The zero-order chi connectivity index (χ0) is 65.4. The number of hydrogen-bond donors (Lipinski definition) is 4. The maximum atomic E-state index is 12.0. The molecule has 2 fully saturated rings. The Kier molecular flexibility index (Phi) is 24.5. The summed E-state index contributed by atoms with van der Waals surface area (Å²) in [4.78, 5) is 52.3. The van der Waals surface area contributed by atoms with Crippen molar-refractivity contribution in [2.45, 2.75) is 255 Å². The summed E-state index contributed by atoms with van der Waals surface area (Å²) < 4.78 is 34.2. The summed E-state index contributed by atoms with van der Waals surface area (Å²) in [6.45, 7) is 23.1. The van der Waals surface area contributed by atoms with E-state index >= 15 is 0 Å². The van der Waals surface area contributed by atoms with E-state index in [0.29, 0.717) is 37.4 Å². The molecule has 0 bridgehead atoms. The molecule has 1 spiro atoms. The van der Waals surface area contributed by atoms with Crippen molar-refractivity contribution in [3.63, 3.8) is 0 Å². The number of nitrogens with zero attached hydrogens (tertiary/aromatic N) is 1. The van der Waals surface area contributed by atoms with Crippen LogP contribution in [-0.2, 0) is 33.8 Å². The number of pyridine rings is 1. The standard InChI is InChI=1S/C29H39NO2.C17H25NO3.C15H21NO3.C15H19NO3/c1-2-31-26-15-14-23(24-11-3-4-12-25(24)26)10-9-16-28(27-13-5-8-20-30-27)19-21-32-29(22-28)17-6-7-18-29;1-5-20-15-11-10-14(12-8-6-7-9-13(12)15)18-16(19)21-17(2,3)4;2*1-15(2,3)19-14(18)16-12-8-9-13(17)11-7-5-4-6-10(11)12/h3-5,8,11-13,20,23,26H,2,6-7,9-10,14-19,21-22H2,1H3;6-9,14-15H,5,10-11H2,1-4H3,(H,18,19);4-7,12-13,17H,8-9H2,1-3H3,(H,16,18);4-7,12H,8-9H2,1-3H3,(H,16,18)/t23-,26+,28+;14-,15+;12-,13+;12-/m0000/s1. The van der Waals surface area contributed by atoms with E-state index in [1.54, 1.807) is 6.07 Å². The Balaban J connectivity index is 0.000000161. The van der Waals surface area contributed by atoms with Crippen LogP contribution in [0.1, 0.15) is 283 Å². The van der Waals surface area contributed by atoms with Gasteiger partial charge in [0, 0.05) is 49.1 Å². The number of carbonyl (C=O) groups excluding carboxylic acids is 4. The third kappa shape index (κ3) is 19.9. The van der Waals surface area contributed by atoms with Gasteiger partial charge in [0.1, 0.15) is 16.8 Å². The van der Waals surface area contributed by atoms with Crippen LogP contribution in [0.4, 0.5) is 14.4 Å². The van der Waals surface area contributed by atoms with Crippen LogP contribution < -0.4 is 16.0 Å². The molecule has 1 saturated carbocycles. The van der Waals surface area contributed by atoms with E-state index < -0.39 is 35.1 Å². The fourth-order valence-electron chi connectivity index (χ4n) is 14.3. The first kappa shape index (κ1) is 70.2. The van der Waals surface area contributed by atoms with Crippen LogP contribution in [0.25, 0.3) is 0 Å². The van der Waals surface area contributed by atoms with Crippen LogP contribution in [0, 0.1) is 0 Å². The highest BCUT2D eigenvalue weighted by Gasteiger charge is 2.48. The maximum absolute atomic E-state index is 12.0. The van der Waals surface area contributed by atoms with Gasteiger partial charge in [-0.25, -0.2) is 14.4 Å². The molecule has 15 nitrogen and oxygen atoms in total. The van der Waals surface area contributed by atoms with Crippen molar-refractivity contribution in [3.8, 4) is 0 Å². The van der Waals surface area contributed by atoms with E-state index in [1.807, 2.05) is 130 Å². The van der Waals surface area contributed by atoms with Crippen LogP contribution in [0.5, 0.6) is 0 Å². The first-order valence-electron chi connectivity index (χ1n) is 33.7. The van der Waals surface area contributed by atoms with E-state index in [-0.39, 0.29) is 53.2 Å². The van der Waals surface area contributed by atoms with Crippen molar-refractivity contribution in [1.82, 2.24) is 20.9 Å². The van der Waals surface area contributed by atoms with Crippen LogP contribution in [-0.4, -0.2) is 76.4 Å². The highest BCUT2D eigenvalue weighted by atomic mass is 16.6. The molecule has 1 saturated heterocycles. The molecule has 11 rings (SSSR count). The number of aromatic nitrogens is 1. The summed E-state index contributed by atoms with van der Waals surface area (Å²) in [6, 6.07) is 38.5. The molecule has 0 unspecified atom stereocenters. The van der Waals surface area contributed by atoms with Crippen LogP contribution in [0.15, 0.2) is 121 Å². The Morgan fingerprint density at radius 1 is 0.549 bits per heavy atom. The van der Waals surface area contributed by atoms with E-state index in [0.717, 1.165) is 74.0 Å². The summed E-state index contributed by atoms with van der Waals surface area (Å²) in [5.74, 6) is 0.793. The van der Waals surface area contributed by atoms with Crippen molar-refractivity contribution in [1.29, 1.82) is 0 Å². The fourth-order valence-corrected chi connectivity index (χ4v) is 14.3. The summed E-state index contributed by atoms with van der Waals surface area (Å²) in [7, 11) is 0. The monoisotopic (exact) mass is 1250 g/mol. The highest BCUT2D eigenvalue weighted by molar-refractivity contribution is 5.99. The van der Waals surface area contributed by atoms with Gasteiger partial charge < -0.3 is 49.5 Å². The first-order valence-corrected chi connectivity index (χ1v) is 33.7. The SMILES string of the molecule is CC(C)(C)OC(=O)N[C@H]1CCC(=O)c2ccccc21.CC(C)(C)OC(=O)N[C@H]1CC[C@@H](O)c2ccccc21.CCO[C@@H]1CC[C@H](CCC[C@@]2(c3ccccn3)CCOC3(CCCC3)C2)c2ccccc21.CCO[C@@H]1CC[C@H](NC(=O)OC(C)(C)C)c2ccccc21. The number of aliphatic hydroxyl groups is 1. The number of alkyl carbamates (subject to hydrolysis) is 3. The molecule has 5 aliphatic carbocycles. The minimum Gasteiger partial charge on any atom is -0.444 e. The normalized spacial score (nSPS) is 23.8. The lowest BCUT2D eigenvalue weighted by molar-refractivity contribution is -0.105. The van der Waals surface area contributed by atoms with Gasteiger partial charge in [0.25, 0.3) is 0 Å². The number of Topliss-reactive ketones (excluding diaryl/α,β-unsaturated/α-hetero) is 1. The van der Waals surface area contributed by atoms with Crippen molar-refractivity contribution < 1.29 is 52.7 Å². The highest BCUT2D eigenvalue weighted by Crippen LogP contribution is 2.51. The predicted molar refractivity (Wildman–Crippen MR) is 356 cm³/mol. The lowest BCUT2D eigenvalue weighted by Gasteiger charge is -2.46. The van der Waals surface area contributed by atoms with Gasteiger partial charge in [-0.15, -0.1) is 0 Å². The molecule has 1 aromatic heterocycles. The fraction of sp³-hybridized carbons (Fsp3) is 0.566. The lowest BCUT2D eigenvalue weighted by atomic mass is 9.66. The van der Waals surface area contributed by atoms with Gasteiger partial charge in [-0.2, -0.15) is 0 Å². The van der Waals surface area contributed by atoms with Crippen molar-refractivity contribution >= 4 is 24.1 Å². The molecular formula is C76H104N4O11. The third-order valence-corrected chi connectivity index (χ3v) is 18.1. The molecule has 8 atom stereocenters. The number of ketones is 1. The molecule has 4 N–H and O–H groups in total. The summed E-state index contributed by atoms with van der Waals surface area (Å²) >= 11 is 0. The number of hydrogen-bond acceptors (Lipinski definition) is 12. The Morgan fingerprint density at radius 3 is 1.55 bits per heavy atom. The average molecular weight is 1250 g/mol. The van der Waals surface area contributed by atoms with Crippen molar-refractivity contribution in [3.05, 3.63) is 172 Å². The van der Waals surface area contributed by atoms with E-state index in [9.17, 15) is 24.3 Å². The second kappa shape index (κ2) is 31.8. The Hall–Kier alpha value is -6.65. The second-order valence-electron chi connectivity index (χ2n) is 28.4. The predicted octanol–water partition coefficient (Wildman–Crippen LogP) is 17.7. The molecule has 6 aliphatic rings. The molecule has 15 heteroatoms. The van der Waals surface area contributed by atoms with Gasteiger partial charge in [-0.1, -0.05) is 122 Å². The molecule has 4 aromatic carbocycles. The zero-order valence-corrected chi connectivity index (χ0v) is 56.2. The number of amides is 3. The van der Waals surface area contributed by atoms with Gasteiger partial charge in [0.2, 0.25) is 0 Å².